The molecule has 29 heavy (non-hydrogen) atoms. The van der Waals surface area contributed by atoms with Gasteiger partial charge in [-0.3, -0.25) is 0 Å². The molecule has 0 atom stereocenters. The third kappa shape index (κ3) is 6.57. The number of hydrogen-bond acceptors (Lipinski definition) is 3. The number of halogens is 2. The van der Waals surface area contributed by atoms with E-state index in [1.54, 1.807) is 14.2 Å². The number of benzene rings is 3. The summed E-state index contributed by atoms with van der Waals surface area (Å²) < 4.78 is 16.8. The lowest BCUT2D eigenvalue weighted by molar-refractivity contribution is -0.686. The van der Waals surface area contributed by atoms with Crippen molar-refractivity contribution in [2.24, 2.45) is 0 Å². The molecule has 3 aromatic rings. The van der Waals surface area contributed by atoms with Crippen LogP contribution in [0.25, 0.3) is 0 Å². The number of quaternary nitrogens is 1. The molecular weight excluding hydrogens is 409 g/mol. The van der Waals surface area contributed by atoms with Gasteiger partial charge in [-0.05, 0) is 54.1 Å². The fourth-order valence-corrected chi connectivity index (χ4v) is 3.06. The van der Waals surface area contributed by atoms with Gasteiger partial charge in [-0.15, -0.1) is 0 Å². The summed E-state index contributed by atoms with van der Waals surface area (Å²) in [6.45, 7) is 2.13. The highest BCUT2D eigenvalue weighted by Gasteiger charge is 2.12. The third-order valence-corrected chi connectivity index (χ3v) is 4.73. The molecule has 0 aliphatic carbocycles. The minimum atomic E-state index is 0. The Morgan fingerprint density at radius 3 is 2.14 bits per heavy atom. The lowest BCUT2D eigenvalue weighted by Crippen LogP contribution is -3.00. The van der Waals surface area contributed by atoms with Crippen LogP contribution in [0.2, 0.25) is 5.02 Å². The Labute approximate surface area is 183 Å². The molecule has 0 unspecified atom stereocenters. The predicted octanol–water partition coefficient (Wildman–Crippen LogP) is 1.20. The van der Waals surface area contributed by atoms with Gasteiger partial charge in [-0.25, -0.2) is 0 Å². The van der Waals surface area contributed by atoms with Crippen molar-refractivity contribution in [2.45, 2.75) is 19.7 Å². The van der Waals surface area contributed by atoms with Gasteiger partial charge in [0, 0.05) is 10.6 Å². The zero-order chi connectivity index (χ0) is 19.8. The van der Waals surface area contributed by atoms with E-state index in [1.807, 2.05) is 48.5 Å². The highest BCUT2D eigenvalue weighted by atomic mass is 35.5. The van der Waals surface area contributed by atoms with Gasteiger partial charge in [0.2, 0.25) is 0 Å². The predicted molar refractivity (Wildman–Crippen MR) is 111 cm³/mol. The molecule has 0 fully saturated rings. The largest absolute Gasteiger partial charge is 1.00 e. The molecule has 0 aliphatic rings. The van der Waals surface area contributed by atoms with Crippen LogP contribution in [0.1, 0.15) is 16.7 Å². The van der Waals surface area contributed by atoms with Gasteiger partial charge in [0.15, 0.2) is 11.5 Å². The normalized spacial score (nSPS) is 10.2. The Bertz CT molecular complexity index is 884. The van der Waals surface area contributed by atoms with Gasteiger partial charge >= 0.3 is 0 Å². The fraction of sp³-hybridized carbons (Fsp3) is 0.217. The monoisotopic (exact) mass is 433 g/mol. The zero-order valence-corrected chi connectivity index (χ0v) is 18.0. The summed E-state index contributed by atoms with van der Waals surface area (Å²) in [4.78, 5) is 0. The van der Waals surface area contributed by atoms with E-state index in [1.165, 1.54) is 5.56 Å². The molecule has 0 radical (unpaired) electrons. The number of hydrogen-bond donors (Lipinski definition) is 1. The molecule has 4 nitrogen and oxygen atoms in total. The first-order chi connectivity index (χ1) is 13.7. The summed E-state index contributed by atoms with van der Waals surface area (Å²) >= 11 is 5.95. The summed E-state index contributed by atoms with van der Waals surface area (Å²) in [6, 6.07) is 21.8. The second-order valence-corrected chi connectivity index (χ2v) is 6.85. The molecule has 2 N–H and O–H groups in total. The quantitative estimate of drug-likeness (QED) is 0.551. The van der Waals surface area contributed by atoms with Gasteiger partial charge in [0.1, 0.15) is 25.4 Å². The van der Waals surface area contributed by atoms with Gasteiger partial charge < -0.3 is 31.9 Å². The van der Waals surface area contributed by atoms with Crippen LogP contribution in [0.15, 0.2) is 66.7 Å². The number of ether oxygens (including phenoxy) is 3. The van der Waals surface area contributed by atoms with Crippen LogP contribution in [0.3, 0.4) is 0 Å². The maximum atomic E-state index is 6.11. The molecule has 0 bridgehead atoms. The molecule has 6 heteroatoms. The summed E-state index contributed by atoms with van der Waals surface area (Å²) in [5.74, 6) is 2.39. The van der Waals surface area contributed by atoms with Crippen molar-refractivity contribution in [3.8, 4) is 17.2 Å². The number of methoxy groups -OCH3 is 2. The van der Waals surface area contributed by atoms with E-state index in [0.29, 0.717) is 6.61 Å². The standard InChI is InChI=1S/C23H24ClNO3.ClH/c1-26-21-12-8-17(9-13-21)14-25-15-19-4-3-5-22(27-2)23(19)28-16-18-6-10-20(24)11-7-18;/h3-13,25H,14-16H2,1-2H3;1H. The van der Waals surface area contributed by atoms with E-state index < -0.39 is 0 Å². The Balaban J connectivity index is 0.00000300. The molecule has 0 spiro atoms. The summed E-state index contributed by atoms with van der Waals surface area (Å²) in [7, 11) is 3.34. The molecule has 154 valence electrons. The van der Waals surface area contributed by atoms with Crippen molar-refractivity contribution in [1.29, 1.82) is 0 Å². The minimum Gasteiger partial charge on any atom is -1.00 e. The van der Waals surface area contributed by atoms with E-state index in [-0.39, 0.29) is 12.4 Å². The summed E-state index contributed by atoms with van der Waals surface area (Å²) in [5, 5.41) is 2.96. The lowest BCUT2D eigenvalue weighted by atomic mass is 10.1. The maximum Gasteiger partial charge on any atom is 0.170 e. The number of rotatable bonds is 9. The van der Waals surface area contributed by atoms with Crippen LogP contribution >= 0.6 is 11.6 Å². The lowest BCUT2D eigenvalue weighted by Gasteiger charge is -2.15. The highest BCUT2D eigenvalue weighted by Crippen LogP contribution is 2.31. The first-order valence-corrected chi connectivity index (χ1v) is 9.55. The topological polar surface area (TPSA) is 44.3 Å². The second kappa shape index (κ2) is 11.6. The van der Waals surface area contributed by atoms with Crippen molar-refractivity contribution >= 4 is 11.6 Å². The van der Waals surface area contributed by atoms with E-state index in [2.05, 4.69) is 23.5 Å². The number of para-hydroxylation sites is 1. The SMILES string of the molecule is COc1ccc(C[NH2+]Cc2cccc(OC)c2OCc2ccc(Cl)cc2)cc1.[Cl-]. The number of nitrogens with two attached hydrogens (primary N) is 1. The molecule has 0 saturated heterocycles. The van der Waals surface area contributed by atoms with Crippen molar-refractivity contribution in [3.05, 3.63) is 88.4 Å². The van der Waals surface area contributed by atoms with E-state index >= 15 is 0 Å². The van der Waals surface area contributed by atoms with Crippen molar-refractivity contribution < 1.29 is 31.9 Å². The maximum absolute atomic E-state index is 6.11. The molecule has 0 aromatic heterocycles. The van der Waals surface area contributed by atoms with E-state index in [9.17, 15) is 0 Å². The van der Waals surface area contributed by atoms with Gasteiger partial charge in [0.05, 0.1) is 19.8 Å². The fourth-order valence-electron chi connectivity index (χ4n) is 2.94. The Morgan fingerprint density at radius 1 is 0.793 bits per heavy atom. The molecular formula is C23H25Cl2NO3. The van der Waals surface area contributed by atoms with Crippen LogP contribution in [0.4, 0.5) is 0 Å². The van der Waals surface area contributed by atoms with E-state index in [0.717, 1.165) is 46.5 Å². The Morgan fingerprint density at radius 2 is 1.48 bits per heavy atom. The minimum absolute atomic E-state index is 0. The highest BCUT2D eigenvalue weighted by molar-refractivity contribution is 6.30. The summed E-state index contributed by atoms with van der Waals surface area (Å²) in [5.41, 5.74) is 3.40. The Hall–Kier alpha value is -2.40. The summed E-state index contributed by atoms with van der Waals surface area (Å²) in [6.07, 6.45) is 0. The average Bonchev–Trinajstić information content (AvgIpc) is 2.74. The van der Waals surface area contributed by atoms with Crippen molar-refractivity contribution in [1.82, 2.24) is 0 Å². The molecule has 0 heterocycles. The second-order valence-electron chi connectivity index (χ2n) is 6.41. The third-order valence-electron chi connectivity index (χ3n) is 4.48. The van der Waals surface area contributed by atoms with Crippen LogP contribution in [-0.4, -0.2) is 14.2 Å². The van der Waals surface area contributed by atoms with Gasteiger partial charge in [-0.2, -0.15) is 0 Å². The molecule has 3 aromatic carbocycles. The van der Waals surface area contributed by atoms with Crippen LogP contribution in [-0.2, 0) is 19.7 Å². The van der Waals surface area contributed by atoms with Crippen LogP contribution in [0.5, 0.6) is 17.2 Å². The molecule has 3 rings (SSSR count). The zero-order valence-electron chi connectivity index (χ0n) is 16.5. The molecule has 0 saturated carbocycles. The van der Waals surface area contributed by atoms with Crippen molar-refractivity contribution in [3.63, 3.8) is 0 Å². The van der Waals surface area contributed by atoms with Crippen LogP contribution in [0, 0.1) is 0 Å². The Kier molecular flexibility index (Phi) is 9.13. The van der Waals surface area contributed by atoms with Gasteiger partial charge in [-0.1, -0.05) is 29.8 Å². The molecule has 0 amide bonds. The van der Waals surface area contributed by atoms with E-state index in [4.69, 9.17) is 25.8 Å². The smallest absolute Gasteiger partial charge is 0.170 e. The molecule has 0 aliphatic heterocycles. The van der Waals surface area contributed by atoms with Gasteiger partial charge in [0.25, 0.3) is 0 Å². The first kappa shape index (κ1) is 22.9. The average molecular weight is 434 g/mol. The van der Waals surface area contributed by atoms with Crippen molar-refractivity contribution in [2.75, 3.05) is 14.2 Å². The van der Waals surface area contributed by atoms with Crippen LogP contribution < -0.4 is 31.9 Å². The first-order valence-electron chi connectivity index (χ1n) is 9.17.